The molecule has 0 saturated carbocycles. The largest absolute Gasteiger partial charge is 0.465 e. The highest BCUT2D eigenvalue weighted by Gasteiger charge is 2.57. The molecular weight excluding hydrogens is 210 g/mol. The molecule has 1 unspecified atom stereocenters. The molecule has 0 bridgehead atoms. The molecule has 0 radical (unpaired) electrons. The first-order valence-electron chi connectivity index (χ1n) is 5.29. The lowest BCUT2D eigenvalue weighted by Crippen LogP contribution is -2.65. The van der Waals surface area contributed by atoms with Crippen LogP contribution in [0, 0.1) is 5.41 Å². The Balaban J connectivity index is 3.24. The Morgan fingerprint density at radius 1 is 1.44 bits per heavy atom. The fraction of sp³-hybridized carbons (Fsp3) is 0.800. The maximum Gasteiger partial charge on any atom is 0.408 e. The summed E-state index contributed by atoms with van der Waals surface area (Å²) in [5.74, 6) is 4.75. The zero-order valence-corrected chi connectivity index (χ0v) is 9.91. The van der Waals surface area contributed by atoms with E-state index in [1.807, 2.05) is 20.8 Å². The van der Waals surface area contributed by atoms with Gasteiger partial charge in [-0.05, 0) is 18.3 Å². The van der Waals surface area contributed by atoms with Gasteiger partial charge < -0.3 is 5.11 Å². The maximum absolute atomic E-state index is 12.0. The third kappa shape index (κ3) is 1.63. The minimum atomic E-state index is -1.07. The summed E-state index contributed by atoms with van der Waals surface area (Å²) < 4.78 is 0. The number of hydrazine groups is 1. The molecule has 1 saturated heterocycles. The summed E-state index contributed by atoms with van der Waals surface area (Å²) in [5, 5.41) is 9.16. The summed E-state index contributed by atoms with van der Waals surface area (Å²) in [7, 11) is 0. The molecule has 92 valence electrons. The SMILES string of the molecule is CC(C)(C)C1(C(=O)NN)CCCN1C(=O)O. The zero-order valence-electron chi connectivity index (χ0n) is 9.91. The van der Waals surface area contributed by atoms with E-state index in [1.54, 1.807) is 0 Å². The van der Waals surface area contributed by atoms with E-state index >= 15 is 0 Å². The van der Waals surface area contributed by atoms with E-state index in [4.69, 9.17) is 10.9 Å². The van der Waals surface area contributed by atoms with Crippen LogP contribution in [0.15, 0.2) is 0 Å². The van der Waals surface area contributed by atoms with E-state index in [1.165, 1.54) is 4.90 Å². The molecule has 4 N–H and O–H groups in total. The highest BCUT2D eigenvalue weighted by molar-refractivity contribution is 5.90. The van der Waals surface area contributed by atoms with Gasteiger partial charge in [-0.3, -0.25) is 15.1 Å². The molecule has 1 atom stereocenters. The first-order chi connectivity index (χ1) is 7.27. The van der Waals surface area contributed by atoms with Gasteiger partial charge in [0.05, 0.1) is 0 Å². The van der Waals surface area contributed by atoms with E-state index < -0.39 is 23.0 Å². The van der Waals surface area contributed by atoms with Crippen LogP contribution in [0.1, 0.15) is 33.6 Å². The van der Waals surface area contributed by atoms with Crippen LogP contribution in [0.4, 0.5) is 4.79 Å². The van der Waals surface area contributed by atoms with E-state index in [9.17, 15) is 9.59 Å². The van der Waals surface area contributed by atoms with E-state index in [2.05, 4.69) is 5.43 Å². The van der Waals surface area contributed by atoms with Crippen molar-refractivity contribution in [3.63, 3.8) is 0 Å². The van der Waals surface area contributed by atoms with Crippen LogP contribution in [-0.4, -0.2) is 34.1 Å². The molecule has 1 aliphatic rings. The lowest BCUT2D eigenvalue weighted by Gasteiger charge is -2.44. The average Bonchev–Trinajstić information content (AvgIpc) is 2.60. The van der Waals surface area contributed by atoms with Crippen LogP contribution in [-0.2, 0) is 4.79 Å². The van der Waals surface area contributed by atoms with Crippen molar-refractivity contribution in [2.24, 2.45) is 11.3 Å². The van der Waals surface area contributed by atoms with Crippen molar-refractivity contribution in [1.82, 2.24) is 10.3 Å². The number of carbonyl (C=O) groups is 2. The van der Waals surface area contributed by atoms with Crippen molar-refractivity contribution in [2.75, 3.05) is 6.54 Å². The van der Waals surface area contributed by atoms with Gasteiger partial charge in [0.15, 0.2) is 0 Å². The van der Waals surface area contributed by atoms with E-state index in [-0.39, 0.29) is 0 Å². The highest BCUT2D eigenvalue weighted by atomic mass is 16.4. The maximum atomic E-state index is 12.0. The van der Waals surface area contributed by atoms with Gasteiger partial charge in [0.2, 0.25) is 0 Å². The van der Waals surface area contributed by atoms with Crippen LogP contribution in [0.25, 0.3) is 0 Å². The minimum absolute atomic E-state index is 0.375. The van der Waals surface area contributed by atoms with Crippen LogP contribution in [0.5, 0.6) is 0 Å². The van der Waals surface area contributed by atoms with Gasteiger partial charge in [-0.15, -0.1) is 0 Å². The molecule has 1 fully saturated rings. The molecule has 1 heterocycles. The molecule has 16 heavy (non-hydrogen) atoms. The number of hydrogen-bond acceptors (Lipinski definition) is 3. The zero-order chi connectivity index (χ0) is 12.6. The molecule has 0 aromatic rings. The summed E-state index contributed by atoms with van der Waals surface area (Å²) in [6.45, 7) is 5.93. The third-order valence-corrected chi connectivity index (χ3v) is 3.36. The number of likely N-dealkylation sites (tertiary alicyclic amines) is 1. The number of carboxylic acid groups (broad SMARTS) is 1. The molecule has 2 amide bonds. The van der Waals surface area contributed by atoms with Gasteiger partial charge in [0.1, 0.15) is 5.54 Å². The van der Waals surface area contributed by atoms with Gasteiger partial charge in [-0.1, -0.05) is 20.8 Å². The average molecular weight is 229 g/mol. The monoisotopic (exact) mass is 229 g/mol. The number of nitrogens with two attached hydrogens (primary N) is 1. The van der Waals surface area contributed by atoms with E-state index in [0.29, 0.717) is 19.4 Å². The number of carbonyl (C=O) groups excluding carboxylic acids is 1. The Bertz CT molecular complexity index is 311. The van der Waals surface area contributed by atoms with Gasteiger partial charge in [0.25, 0.3) is 5.91 Å². The van der Waals surface area contributed by atoms with Crippen LogP contribution in [0.2, 0.25) is 0 Å². The summed E-state index contributed by atoms with van der Waals surface area (Å²) in [6.07, 6.45) is 0.110. The molecule has 0 aromatic carbocycles. The summed E-state index contributed by atoms with van der Waals surface area (Å²) >= 11 is 0. The van der Waals surface area contributed by atoms with Gasteiger partial charge >= 0.3 is 6.09 Å². The van der Waals surface area contributed by atoms with Crippen molar-refractivity contribution in [2.45, 2.75) is 39.2 Å². The van der Waals surface area contributed by atoms with Gasteiger partial charge in [-0.25, -0.2) is 10.6 Å². The number of hydrogen-bond donors (Lipinski definition) is 3. The van der Waals surface area contributed by atoms with Crippen molar-refractivity contribution >= 4 is 12.0 Å². The van der Waals surface area contributed by atoms with Gasteiger partial charge in [0, 0.05) is 6.54 Å². The Kier molecular flexibility index (Phi) is 3.14. The molecule has 1 rings (SSSR count). The third-order valence-electron chi connectivity index (χ3n) is 3.36. The van der Waals surface area contributed by atoms with Crippen molar-refractivity contribution in [1.29, 1.82) is 0 Å². The Morgan fingerprint density at radius 3 is 2.38 bits per heavy atom. The fourth-order valence-electron chi connectivity index (χ4n) is 2.55. The number of rotatable bonds is 1. The Labute approximate surface area is 94.8 Å². The topological polar surface area (TPSA) is 95.7 Å². The predicted molar refractivity (Wildman–Crippen MR) is 58.5 cm³/mol. The molecule has 0 aliphatic carbocycles. The molecule has 0 aromatic heterocycles. The second kappa shape index (κ2) is 3.93. The molecule has 1 aliphatic heterocycles. The molecular formula is C10H19N3O3. The summed E-state index contributed by atoms with van der Waals surface area (Å²) in [5.41, 5.74) is 0.539. The number of nitrogens with one attached hydrogen (secondary N) is 1. The molecule has 0 spiro atoms. The lowest BCUT2D eigenvalue weighted by atomic mass is 9.71. The van der Waals surface area contributed by atoms with Crippen LogP contribution < -0.4 is 11.3 Å². The lowest BCUT2D eigenvalue weighted by molar-refractivity contribution is -0.137. The number of nitrogens with zero attached hydrogens (tertiary/aromatic N) is 1. The smallest absolute Gasteiger partial charge is 0.408 e. The first kappa shape index (κ1) is 12.8. The second-order valence-corrected chi connectivity index (χ2v) is 5.12. The summed E-state index contributed by atoms with van der Waals surface area (Å²) in [4.78, 5) is 24.3. The number of amides is 2. The van der Waals surface area contributed by atoms with Crippen LogP contribution >= 0.6 is 0 Å². The van der Waals surface area contributed by atoms with Crippen LogP contribution in [0.3, 0.4) is 0 Å². The second-order valence-electron chi connectivity index (χ2n) is 5.12. The fourth-order valence-corrected chi connectivity index (χ4v) is 2.55. The minimum Gasteiger partial charge on any atom is -0.465 e. The highest BCUT2D eigenvalue weighted by Crippen LogP contribution is 2.43. The van der Waals surface area contributed by atoms with Crippen molar-refractivity contribution in [3.8, 4) is 0 Å². The normalized spacial score (nSPS) is 25.6. The Morgan fingerprint density at radius 2 is 2.00 bits per heavy atom. The van der Waals surface area contributed by atoms with E-state index in [0.717, 1.165) is 0 Å². The predicted octanol–water partition coefficient (Wildman–Crippen LogP) is 0.535. The summed E-state index contributed by atoms with van der Waals surface area (Å²) in [6, 6.07) is 0. The standard InChI is InChI=1S/C10H19N3O3/c1-9(2,3)10(7(14)12-11)5-4-6-13(10)8(15)16/h4-6,11H2,1-3H3,(H,12,14)(H,15,16). The Hall–Kier alpha value is -1.30. The first-order valence-corrected chi connectivity index (χ1v) is 5.29. The van der Waals surface area contributed by atoms with Crippen molar-refractivity contribution < 1.29 is 14.7 Å². The molecule has 6 heteroatoms. The van der Waals surface area contributed by atoms with Gasteiger partial charge in [-0.2, -0.15) is 0 Å². The quantitative estimate of drug-likeness (QED) is 0.347. The molecule has 6 nitrogen and oxygen atoms in total. The van der Waals surface area contributed by atoms with Crippen molar-refractivity contribution in [3.05, 3.63) is 0 Å².